The van der Waals surface area contributed by atoms with Crippen LogP contribution in [0.1, 0.15) is 27.2 Å². The second kappa shape index (κ2) is 3.85. The Balaban J connectivity index is 2.66. The van der Waals surface area contributed by atoms with Gasteiger partial charge < -0.3 is 4.74 Å². The van der Waals surface area contributed by atoms with Crippen LogP contribution >= 0.6 is 9.24 Å². The number of Topliss-reactive ketones (excluding diaryl/α,β-unsaturated/α-hetero) is 1. The van der Waals surface area contributed by atoms with E-state index in [1.54, 1.807) is 6.92 Å². The molecule has 0 radical (unpaired) electrons. The zero-order chi connectivity index (χ0) is 9.30. The Labute approximate surface area is 76.3 Å². The van der Waals surface area contributed by atoms with Crippen molar-refractivity contribution in [1.82, 2.24) is 0 Å². The molecule has 5 unspecified atom stereocenters. The summed E-state index contributed by atoms with van der Waals surface area (Å²) in [6, 6.07) is 0. The van der Waals surface area contributed by atoms with Crippen LogP contribution in [0, 0.1) is 5.92 Å². The number of hydrogen-bond acceptors (Lipinski definition) is 2. The van der Waals surface area contributed by atoms with Gasteiger partial charge in [-0.3, -0.25) is 4.79 Å². The highest BCUT2D eigenvalue weighted by molar-refractivity contribution is 7.17. The van der Waals surface area contributed by atoms with E-state index in [0.29, 0.717) is 11.6 Å². The van der Waals surface area contributed by atoms with E-state index >= 15 is 0 Å². The van der Waals surface area contributed by atoms with Crippen molar-refractivity contribution < 1.29 is 9.53 Å². The molecule has 1 saturated heterocycles. The van der Waals surface area contributed by atoms with Crippen molar-refractivity contribution in [1.29, 1.82) is 0 Å². The molecule has 1 rings (SSSR count). The van der Waals surface area contributed by atoms with E-state index in [1.165, 1.54) is 0 Å². The predicted molar refractivity (Wildman–Crippen MR) is 52.3 cm³/mol. The van der Waals surface area contributed by atoms with Crippen molar-refractivity contribution in [2.75, 3.05) is 0 Å². The summed E-state index contributed by atoms with van der Waals surface area (Å²) in [6.07, 6.45) is 1.07. The highest BCUT2D eigenvalue weighted by Gasteiger charge is 2.34. The number of ether oxygens (including phenoxy) is 1. The number of carbonyl (C=O) groups is 1. The Morgan fingerprint density at radius 2 is 2.08 bits per heavy atom. The molecule has 0 aromatic heterocycles. The van der Waals surface area contributed by atoms with Gasteiger partial charge in [0.15, 0.2) is 5.78 Å². The van der Waals surface area contributed by atoms with Gasteiger partial charge in [0.05, 0.1) is 6.10 Å². The first-order chi connectivity index (χ1) is 5.52. The van der Waals surface area contributed by atoms with Crippen molar-refractivity contribution in [2.45, 2.75) is 45.1 Å². The first-order valence-corrected chi connectivity index (χ1v) is 5.10. The van der Waals surface area contributed by atoms with Crippen molar-refractivity contribution >= 4 is 15.0 Å². The average Bonchev–Trinajstić information content (AvgIpc) is 1.96. The molecular formula is C9H17O2P. The third-order valence-corrected chi connectivity index (χ3v) is 3.42. The van der Waals surface area contributed by atoms with Crippen molar-refractivity contribution in [2.24, 2.45) is 5.92 Å². The molecule has 0 aromatic rings. The first-order valence-electron chi connectivity index (χ1n) is 4.44. The SMILES string of the molecule is CC(=O)C1OC(C)CC(P)C1C. The largest absolute Gasteiger partial charge is 0.367 e. The van der Waals surface area contributed by atoms with E-state index in [0.717, 1.165) is 6.42 Å². The van der Waals surface area contributed by atoms with E-state index in [1.807, 2.05) is 6.92 Å². The lowest BCUT2D eigenvalue weighted by molar-refractivity contribution is -0.141. The van der Waals surface area contributed by atoms with Gasteiger partial charge in [0.2, 0.25) is 0 Å². The smallest absolute Gasteiger partial charge is 0.158 e. The molecule has 0 aliphatic carbocycles. The number of rotatable bonds is 1. The topological polar surface area (TPSA) is 26.3 Å². The van der Waals surface area contributed by atoms with Crippen molar-refractivity contribution in [3.8, 4) is 0 Å². The molecule has 0 aromatic carbocycles. The molecule has 0 saturated carbocycles. The maximum absolute atomic E-state index is 11.2. The van der Waals surface area contributed by atoms with Crippen LogP contribution in [0.2, 0.25) is 0 Å². The molecule has 0 N–H and O–H groups in total. The van der Waals surface area contributed by atoms with Gasteiger partial charge in [-0.1, -0.05) is 6.92 Å². The number of hydrogen-bond donors (Lipinski definition) is 0. The molecule has 3 heteroatoms. The van der Waals surface area contributed by atoms with Crippen LogP contribution in [-0.4, -0.2) is 23.7 Å². The minimum absolute atomic E-state index is 0.154. The van der Waals surface area contributed by atoms with Crippen LogP contribution in [0.3, 0.4) is 0 Å². The highest BCUT2D eigenvalue weighted by atomic mass is 31.0. The summed E-state index contributed by atoms with van der Waals surface area (Å²) in [5.41, 5.74) is 0.516. The summed E-state index contributed by atoms with van der Waals surface area (Å²) in [5, 5.41) is 0. The van der Waals surface area contributed by atoms with Gasteiger partial charge in [0.25, 0.3) is 0 Å². The van der Waals surface area contributed by atoms with Crippen LogP contribution < -0.4 is 0 Å². The highest BCUT2D eigenvalue weighted by Crippen LogP contribution is 2.30. The summed E-state index contributed by atoms with van der Waals surface area (Å²) in [4.78, 5) is 11.2. The quantitative estimate of drug-likeness (QED) is 0.585. The monoisotopic (exact) mass is 188 g/mol. The molecule has 1 heterocycles. The molecule has 1 fully saturated rings. The summed E-state index contributed by atoms with van der Waals surface area (Å²) in [7, 11) is 2.81. The lowest BCUT2D eigenvalue weighted by Gasteiger charge is -2.36. The Hall–Kier alpha value is 0.0600. The van der Waals surface area contributed by atoms with Crippen molar-refractivity contribution in [3.05, 3.63) is 0 Å². The van der Waals surface area contributed by atoms with E-state index in [4.69, 9.17) is 4.74 Å². The molecule has 12 heavy (non-hydrogen) atoms. The fraction of sp³-hybridized carbons (Fsp3) is 0.889. The minimum Gasteiger partial charge on any atom is -0.367 e. The molecule has 0 amide bonds. The third kappa shape index (κ3) is 2.05. The summed E-state index contributed by atoms with van der Waals surface area (Å²) in [6.45, 7) is 5.71. The summed E-state index contributed by atoms with van der Waals surface area (Å²) < 4.78 is 5.57. The third-order valence-electron chi connectivity index (χ3n) is 2.54. The average molecular weight is 188 g/mol. The van der Waals surface area contributed by atoms with Crippen LogP contribution in [0.5, 0.6) is 0 Å². The number of ketones is 1. The normalized spacial score (nSPS) is 42.7. The van der Waals surface area contributed by atoms with Gasteiger partial charge >= 0.3 is 0 Å². The molecule has 5 atom stereocenters. The molecule has 70 valence electrons. The molecule has 0 spiro atoms. The maximum atomic E-state index is 11.2. The van der Waals surface area contributed by atoms with Gasteiger partial charge in [-0.25, -0.2) is 0 Å². The Morgan fingerprint density at radius 3 is 2.58 bits per heavy atom. The number of carbonyl (C=O) groups excluding carboxylic acids is 1. The summed E-state index contributed by atoms with van der Waals surface area (Å²) >= 11 is 0. The Kier molecular flexibility index (Phi) is 3.25. The molecular weight excluding hydrogens is 171 g/mol. The second-order valence-electron chi connectivity index (χ2n) is 3.74. The van der Waals surface area contributed by atoms with E-state index < -0.39 is 0 Å². The van der Waals surface area contributed by atoms with E-state index in [2.05, 4.69) is 16.2 Å². The second-order valence-corrected chi connectivity index (χ2v) is 4.59. The van der Waals surface area contributed by atoms with Gasteiger partial charge in [0, 0.05) is 0 Å². The first kappa shape index (κ1) is 10.1. The maximum Gasteiger partial charge on any atom is 0.158 e. The molecule has 0 bridgehead atoms. The minimum atomic E-state index is -0.184. The zero-order valence-electron chi connectivity index (χ0n) is 7.91. The van der Waals surface area contributed by atoms with Crippen LogP contribution in [0.4, 0.5) is 0 Å². The van der Waals surface area contributed by atoms with Crippen LogP contribution in [-0.2, 0) is 9.53 Å². The van der Waals surface area contributed by atoms with Gasteiger partial charge in [-0.05, 0) is 31.8 Å². The predicted octanol–water partition coefficient (Wildman–Crippen LogP) is 1.63. The van der Waals surface area contributed by atoms with E-state index in [-0.39, 0.29) is 18.0 Å². The lowest BCUT2D eigenvalue weighted by atomic mass is 9.91. The lowest BCUT2D eigenvalue weighted by Crippen LogP contribution is -2.42. The molecule has 2 nitrogen and oxygen atoms in total. The van der Waals surface area contributed by atoms with E-state index in [9.17, 15) is 4.79 Å². The fourth-order valence-electron chi connectivity index (χ4n) is 1.72. The van der Waals surface area contributed by atoms with Crippen molar-refractivity contribution in [3.63, 3.8) is 0 Å². The standard InChI is InChI=1S/C9H17O2P/c1-5-4-8(12)6(2)9(11-5)7(3)10/h5-6,8-9H,4,12H2,1-3H3. The van der Waals surface area contributed by atoms with Gasteiger partial charge in [0.1, 0.15) is 6.10 Å². The van der Waals surface area contributed by atoms with Gasteiger partial charge in [-0.2, -0.15) is 0 Å². The van der Waals surface area contributed by atoms with Crippen LogP contribution in [0.25, 0.3) is 0 Å². The van der Waals surface area contributed by atoms with Crippen LogP contribution in [0.15, 0.2) is 0 Å². The molecule has 1 aliphatic rings. The van der Waals surface area contributed by atoms with Gasteiger partial charge in [-0.15, -0.1) is 9.24 Å². The fourth-order valence-corrected chi connectivity index (χ4v) is 2.30. The molecule has 1 aliphatic heterocycles. The zero-order valence-corrected chi connectivity index (χ0v) is 9.07. The summed E-state index contributed by atoms with van der Waals surface area (Å²) in [5.74, 6) is 0.491. The Morgan fingerprint density at radius 1 is 1.50 bits per heavy atom. The Bertz CT molecular complexity index is 181.